The summed E-state index contributed by atoms with van der Waals surface area (Å²) in [7, 11) is 0. The zero-order chi connectivity index (χ0) is 31.6. The van der Waals surface area contributed by atoms with Crippen LogP contribution < -0.4 is 0 Å². The maximum atomic E-state index is 14.3. The van der Waals surface area contributed by atoms with Crippen molar-refractivity contribution in [3.8, 4) is 0 Å². The molecule has 6 nitrogen and oxygen atoms in total. The first-order valence-corrected chi connectivity index (χ1v) is 14.9. The van der Waals surface area contributed by atoms with Gasteiger partial charge >= 0.3 is 6.18 Å². The van der Waals surface area contributed by atoms with E-state index in [1.54, 1.807) is 23.4 Å². The zero-order valence-corrected chi connectivity index (χ0v) is 24.8. The summed E-state index contributed by atoms with van der Waals surface area (Å²) in [6.07, 6.45) is 1.96. The molecular weight excluding hydrogens is 577 g/mol. The third kappa shape index (κ3) is 8.89. The molecule has 1 aliphatic heterocycles. The van der Waals surface area contributed by atoms with Gasteiger partial charge in [-0.05, 0) is 46.5 Å². The van der Waals surface area contributed by atoms with Crippen LogP contribution in [0.5, 0.6) is 0 Å². The molecule has 45 heavy (non-hydrogen) atoms. The zero-order valence-electron chi connectivity index (χ0n) is 24.8. The number of carbonyl (C=O) groups is 2. The van der Waals surface area contributed by atoms with Gasteiger partial charge in [0, 0.05) is 64.2 Å². The fourth-order valence-electron chi connectivity index (χ4n) is 5.42. The van der Waals surface area contributed by atoms with E-state index >= 15 is 0 Å². The van der Waals surface area contributed by atoms with Crippen molar-refractivity contribution in [1.29, 1.82) is 0 Å². The number of halogens is 3. The molecule has 1 saturated heterocycles. The van der Waals surface area contributed by atoms with Gasteiger partial charge in [-0.25, -0.2) is 0 Å². The lowest BCUT2D eigenvalue weighted by Crippen LogP contribution is -2.56. The van der Waals surface area contributed by atoms with Gasteiger partial charge in [0.25, 0.3) is 0 Å². The van der Waals surface area contributed by atoms with Crippen molar-refractivity contribution in [1.82, 2.24) is 19.7 Å². The van der Waals surface area contributed by atoms with Crippen LogP contribution >= 0.6 is 0 Å². The Hall–Kier alpha value is -4.76. The molecule has 0 radical (unpaired) electrons. The number of hydrogen-bond donors (Lipinski definition) is 0. The number of benzene rings is 3. The lowest BCUT2D eigenvalue weighted by Gasteiger charge is -2.39. The predicted molar refractivity (Wildman–Crippen MR) is 167 cm³/mol. The summed E-state index contributed by atoms with van der Waals surface area (Å²) in [4.78, 5) is 38.0. The van der Waals surface area contributed by atoms with Crippen LogP contribution in [-0.4, -0.2) is 63.7 Å². The summed E-state index contributed by atoms with van der Waals surface area (Å²) < 4.78 is 39.1. The monoisotopic (exact) mass is 612 g/mol. The van der Waals surface area contributed by atoms with E-state index in [0.29, 0.717) is 38.2 Å². The minimum absolute atomic E-state index is 0.140. The molecule has 2 amide bonds. The fourth-order valence-corrected chi connectivity index (χ4v) is 5.42. The van der Waals surface area contributed by atoms with Crippen LogP contribution in [0, 0.1) is 0 Å². The van der Waals surface area contributed by atoms with Crippen LogP contribution in [0.4, 0.5) is 13.2 Å². The van der Waals surface area contributed by atoms with Crippen molar-refractivity contribution in [3.63, 3.8) is 0 Å². The second-order valence-electron chi connectivity index (χ2n) is 11.1. The molecule has 9 heteroatoms. The standard InChI is InChI=1S/C36H35F3N4O2/c37-36(38,39)32-16-13-28(14-17-32)15-18-34(44)43(27-31-12-7-19-40-25-31)33(24-29-8-3-1-4-9-29)35(45)42-22-20-41(21-23-42)26-30-10-5-2-6-11-30/h1-19,25,33H,20-24,26-27H2/t33-/m0/s1. The Morgan fingerprint density at radius 3 is 2.02 bits per heavy atom. The van der Waals surface area contributed by atoms with Gasteiger partial charge in [0.2, 0.25) is 11.8 Å². The molecule has 0 saturated carbocycles. The molecule has 1 atom stereocenters. The highest BCUT2D eigenvalue weighted by atomic mass is 19.4. The molecule has 232 valence electrons. The van der Waals surface area contributed by atoms with Gasteiger partial charge in [-0.3, -0.25) is 19.5 Å². The molecule has 0 aliphatic carbocycles. The number of amides is 2. The quantitative estimate of drug-likeness (QED) is 0.203. The molecule has 0 N–H and O–H groups in total. The smallest absolute Gasteiger partial charge is 0.338 e. The van der Waals surface area contributed by atoms with Crippen LogP contribution in [0.25, 0.3) is 6.08 Å². The third-order valence-electron chi connectivity index (χ3n) is 7.88. The summed E-state index contributed by atoms with van der Waals surface area (Å²) in [5.74, 6) is -0.561. The molecule has 5 rings (SSSR count). The van der Waals surface area contributed by atoms with E-state index in [2.05, 4.69) is 22.0 Å². The Morgan fingerprint density at radius 1 is 0.800 bits per heavy atom. The van der Waals surface area contributed by atoms with Crippen LogP contribution in [0.15, 0.2) is 116 Å². The SMILES string of the molecule is O=C([C@H](Cc1ccccc1)N(Cc1cccnc1)C(=O)C=Cc1ccc(C(F)(F)F)cc1)N1CCN(Cc2ccccc2)CC1. The van der Waals surface area contributed by atoms with Crippen LogP contribution in [0.2, 0.25) is 0 Å². The Balaban J connectivity index is 1.39. The molecular formula is C36H35F3N4O2. The number of pyridine rings is 1. The van der Waals surface area contributed by atoms with Crippen molar-refractivity contribution in [2.45, 2.75) is 31.7 Å². The van der Waals surface area contributed by atoms with Gasteiger partial charge in [-0.2, -0.15) is 13.2 Å². The van der Waals surface area contributed by atoms with Gasteiger partial charge in [-0.1, -0.05) is 78.9 Å². The first-order valence-electron chi connectivity index (χ1n) is 14.9. The number of alkyl halides is 3. The molecule has 3 aromatic carbocycles. The maximum absolute atomic E-state index is 14.3. The number of piperazine rings is 1. The number of hydrogen-bond acceptors (Lipinski definition) is 4. The molecule has 1 fully saturated rings. The topological polar surface area (TPSA) is 56.8 Å². The van der Waals surface area contributed by atoms with E-state index in [4.69, 9.17) is 0 Å². The Bertz CT molecular complexity index is 1560. The second kappa shape index (κ2) is 14.8. The number of rotatable bonds is 10. The lowest BCUT2D eigenvalue weighted by atomic mass is 10.0. The van der Waals surface area contributed by atoms with Crippen molar-refractivity contribution < 1.29 is 22.8 Å². The van der Waals surface area contributed by atoms with E-state index in [9.17, 15) is 22.8 Å². The molecule has 1 aliphatic rings. The van der Waals surface area contributed by atoms with Crippen molar-refractivity contribution in [2.24, 2.45) is 0 Å². The summed E-state index contributed by atoms with van der Waals surface area (Å²) in [5.41, 5.74) is 2.56. The highest BCUT2D eigenvalue weighted by Crippen LogP contribution is 2.29. The minimum atomic E-state index is -4.45. The Morgan fingerprint density at radius 2 is 1.42 bits per heavy atom. The summed E-state index contributed by atoms with van der Waals surface area (Å²) in [6.45, 7) is 3.44. The number of aromatic nitrogens is 1. The Kier molecular flexibility index (Phi) is 10.4. The largest absolute Gasteiger partial charge is 0.416 e. The van der Waals surface area contributed by atoms with E-state index in [0.717, 1.165) is 29.8 Å². The highest BCUT2D eigenvalue weighted by molar-refractivity contribution is 5.95. The summed E-state index contributed by atoms with van der Waals surface area (Å²) in [6, 6.07) is 27.2. The average molecular weight is 613 g/mol. The van der Waals surface area contributed by atoms with Gasteiger partial charge in [-0.15, -0.1) is 0 Å². The lowest BCUT2D eigenvalue weighted by molar-refractivity contribution is -0.145. The molecule has 0 spiro atoms. The first kappa shape index (κ1) is 31.7. The maximum Gasteiger partial charge on any atom is 0.416 e. The fraction of sp³-hybridized carbons (Fsp3) is 0.250. The average Bonchev–Trinajstić information content (AvgIpc) is 3.06. The van der Waals surface area contributed by atoms with Gasteiger partial charge < -0.3 is 9.80 Å². The van der Waals surface area contributed by atoms with Crippen LogP contribution in [-0.2, 0) is 35.3 Å². The molecule has 2 heterocycles. The van der Waals surface area contributed by atoms with E-state index in [1.807, 2.05) is 59.5 Å². The summed E-state index contributed by atoms with van der Waals surface area (Å²) in [5, 5.41) is 0. The van der Waals surface area contributed by atoms with Crippen LogP contribution in [0.3, 0.4) is 0 Å². The van der Waals surface area contributed by atoms with E-state index < -0.39 is 23.7 Å². The normalized spacial score (nSPS) is 14.8. The van der Waals surface area contributed by atoms with Crippen LogP contribution in [0.1, 0.15) is 27.8 Å². The van der Waals surface area contributed by atoms with Gasteiger partial charge in [0.05, 0.1) is 5.56 Å². The van der Waals surface area contributed by atoms with Crippen molar-refractivity contribution in [3.05, 3.63) is 143 Å². The molecule has 4 aromatic rings. The second-order valence-corrected chi connectivity index (χ2v) is 11.1. The van der Waals surface area contributed by atoms with Crippen molar-refractivity contribution in [2.75, 3.05) is 26.2 Å². The van der Waals surface area contributed by atoms with Crippen molar-refractivity contribution >= 4 is 17.9 Å². The highest BCUT2D eigenvalue weighted by Gasteiger charge is 2.34. The first-order chi connectivity index (χ1) is 21.8. The molecule has 0 bridgehead atoms. The summed E-state index contributed by atoms with van der Waals surface area (Å²) >= 11 is 0. The van der Waals surface area contributed by atoms with Gasteiger partial charge in [0.1, 0.15) is 6.04 Å². The predicted octanol–water partition coefficient (Wildman–Crippen LogP) is 6.10. The number of nitrogens with zero attached hydrogens (tertiary/aromatic N) is 4. The Labute approximate surface area is 261 Å². The van der Waals surface area contributed by atoms with E-state index in [-0.39, 0.29) is 12.5 Å². The minimum Gasteiger partial charge on any atom is -0.338 e. The van der Waals surface area contributed by atoms with E-state index in [1.165, 1.54) is 29.8 Å². The number of carbonyl (C=O) groups excluding carboxylic acids is 2. The molecule has 0 unspecified atom stereocenters. The molecule has 1 aromatic heterocycles. The van der Waals surface area contributed by atoms with Gasteiger partial charge in [0.15, 0.2) is 0 Å². The third-order valence-corrected chi connectivity index (χ3v) is 7.88.